The van der Waals surface area contributed by atoms with Crippen LogP contribution < -0.4 is 5.32 Å². The van der Waals surface area contributed by atoms with Crippen molar-refractivity contribution >= 4 is 15.9 Å². The molecule has 1 rings (SSSR count). The average molecular weight is 258 g/mol. The van der Waals surface area contributed by atoms with Gasteiger partial charge < -0.3 is 10.4 Å². The Hall–Kier alpha value is -0.380. The molecule has 1 aromatic rings. The number of rotatable bonds is 5. The van der Waals surface area contributed by atoms with Crippen molar-refractivity contribution in [3.05, 3.63) is 34.3 Å². The summed E-state index contributed by atoms with van der Waals surface area (Å²) in [6.07, 6.45) is 1.49. The Morgan fingerprint density at radius 3 is 2.57 bits per heavy atom. The van der Waals surface area contributed by atoms with Gasteiger partial charge in [0.1, 0.15) is 0 Å². The van der Waals surface area contributed by atoms with Crippen molar-refractivity contribution in [2.45, 2.75) is 18.9 Å². The zero-order valence-electron chi connectivity index (χ0n) is 8.33. The first kappa shape index (κ1) is 11.7. The molecule has 0 aliphatic carbocycles. The van der Waals surface area contributed by atoms with E-state index in [-0.39, 0.29) is 6.10 Å². The van der Waals surface area contributed by atoms with E-state index in [1.807, 2.05) is 19.2 Å². The molecular weight excluding hydrogens is 242 g/mol. The molecule has 0 saturated carbocycles. The van der Waals surface area contributed by atoms with Gasteiger partial charge in [-0.15, -0.1) is 0 Å². The van der Waals surface area contributed by atoms with E-state index in [0.29, 0.717) is 6.54 Å². The standard InChI is InChI=1S/C11H16BrNO/c1-13-8-11(14)7-4-9-2-5-10(12)6-3-9/h2-3,5-6,11,13-14H,4,7-8H2,1H3. The third-order valence-electron chi connectivity index (χ3n) is 2.12. The van der Waals surface area contributed by atoms with Gasteiger partial charge in [0.05, 0.1) is 6.10 Å². The van der Waals surface area contributed by atoms with E-state index in [2.05, 4.69) is 33.4 Å². The number of hydrogen-bond donors (Lipinski definition) is 2. The van der Waals surface area contributed by atoms with Crippen LogP contribution in [0.4, 0.5) is 0 Å². The minimum atomic E-state index is -0.247. The Morgan fingerprint density at radius 2 is 2.00 bits per heavy atom. The highest BCUT2D eigenvalue weighted by molar-refractivity contribution is 9.10. The van der Waals surface area contributed by atoms with Gasteiger partial charge in [-0.3, -0.25) is 0 Å². The second kappa shape index (κ2) is 6.17. The van der Waals surface area contributed by atoms with Gasteiger partial charge in [-0.1, -0.05) is 28.1 Å². The number of aryl methyl sites for hydroxylation is 1. The summed E-state index contributed by atoms with van der Waals surface area (Å²) < 4.78 is 1.09. The summed E-state index contributed by atoms with van der Waals surface area (Å²) in [7, 11) is 1.85. The Kier molecular flexibility index (Phi) is 5.15. The summed E-state index contributed by atoms with van der Waals surface area (Å²) in [6, 6.07) is 8.21. The van der Waals surface area contributed by atoms with Crippen LogP contribution in [0, 0.1) is 0 Å². The van der Waals surface area contributed by atoms with E-state index in [0.717, 1.165) is 17.3 Å². The second-order valence-corrected chi connectivity index (χ2v) is 4.29. The van der Waals surface area contributed by atoms with E-state index in [9.17, 15) is 5.11 Å². The molecule has 0 saturated heterocycles. The number of aliphatic hydroxyl groups excluding tert-OH is 1. The first-order valence-electron chi connectivity index (χ1n) is 4.79. The van der Waals surface area contributed by atoms with Gasteiger partial charge in [0.15, 0.2) is 0 Å². The summed E-state index contributed by atoms with van der Waals surface area (Å²) in [6.45, 7) is 0.663. The highest BCUT2D eigenvalue weighted by atomic mass is 79.9. The molecular formula is C11H16BrNO. The van der Waals surface area contributed by atoms with Gasteiger partial charge in [0.25, 0.3) is 0 Å². The molecule has 0 fully saturated rings. The molecule has 0 heterocycles. The van der Waals surface area contributed by atoms with E-state index in [4.69, 9.17) is 0 Å². The highest BCUT2D eigenvalue weighted by Gasteiger charge is 2.02. The van der Waals surface area contributed by atoms with Crippen LogP contribution in [0.3, 0.4) is 0 Å². The largest absolute Gasteiger partial charge is 0.392 e. The lowest BCUT2D eigenvalue weighted by atomic mass is 10.1. The monoisotopic (exact) mass is 257 g/mol. The van der Waals surface area contributed by atoms with Gasteiger partial charge in [0, 0.05) is 11.0 Å². The zero-order valence-corrected chi connectivity index (χ0v) is 9.92. The highest BCUT2D eigenvalue weighted by Crippen LogP contribution is 2.12. The van der Waals surface area contributed by atoms with Crippen LogP contribution in [-0.2, 0) is 6.42 Å². The maximum Gasteiger partial charge on any atom is 0.0667 e. The number of benzene rings is 1. The summed E-state index contributed by atoms with van der Waals surface area (Å²) >= 11 is 3.39. The molecule has 0 aliphatic heterocycles. The van der Waals surface area contributed by atoms with Gasteiger partial charge in [0.2, 0.25) is 0 Å². The lowest BCUT2D eigenvalue weighted by Crippen LogP contribution is -2.23. The molecule has 2 nitrogen and oxygen atoms in total. The van der Waals surface area contributed by atoms with Crippen LogP contribution in [0.25, 0.3) is 0 Å². The SMILES string of the molecule is CNCC(O)CCc1ccc(Br)cc1. The number of likely N-dealkylation sites (N-methyl/N-ethyl adjacent to an activating group) is 1. The number of hydrogen-bond acceptors (Lipinski definition) is 2. The van der Waals surface area contributed by atoms with Crippen LogP contribution in [0.15, 0.2) is 28.7 Å². The molecule has 2 N–H and O–H groups in total. The maximum atomic E-state index is 9.49. The number of aliphatic hydroxyl groups is 1. The van der Waals surface area contributed by atoms with E-state index >= 15 is 0 Å². The van der Waals surface area contributed by atoms with Crippen molar-refractivity contribution in [3.63, 3.8) is 0 Å². The Bertz CT molecular complexity index is 260. The maximum absolute atomic E-state index is 9.49. The minimum Gasteiger partial charge on any atom is -0.392 e. The van der Waals surface area contributed by atoms with Crippen molar-refractivity contribution in [2.75, 3.05) is 13.6 Å². The molecule has 0 aromatic heterocycles. The van der Waals surface area contributed by atoms with Crippen molar-refractivity contribution in [1.82, 2.24) is 5.32 Å². The first-order valence-corrected chi connectivity index (χ1v) is 5.59. The first-order chi connectivity index (χ1) is 6.72. The molecule has 1 unspecified atom stereocenters. The molecule has 78 valence electrons. The Labute approximate surface area is 93.5 Å². The van der Waals surface area contributed by atoms with Crippen molar-refractivity contribution in [2.24, 2.45) is 0 Å². The van der Waals surface area contributed by atoms with Crippen LogP contribution in [-0.4, -0.2) is 24.8 Å². The number of nitrogens with one attached hydrogen (secondary N) is 1. The summed E-state index contributed by atoms with van der Waals surface area (Å²) in [5.41, 5.74) is 1.27. The fraction of sp³-hybridized carbons (Fsp3) is 0.455. The summed E-state index contributed by atoms with van der Waals surface area (Å²) in [5, 5.41) is 12.4. The van der Waals surface area contributed by atoms with Crippen LogP contribution in [0.5, 0.6) is 0 Å². The molecule has 14 heavy (non-hydrogen) atoms. The zero-order chi connectivity index (χ0) is 10.4. The molecule has 0 bridgehead atoms. The predicted octanol–water partition coefficient (Wildman–Crippen LogP) is 1.96. The molecule has 1 aromatic carbocycles. The van der Waals surface area contributed by atoms with Crippen LogP contribution in [0.2, 0.25) is 0 Å². The summed E-state index contributed by atoms with van der Waals surface area (Å²) in [4.78, 5) is 0. The predicted molar refractivity (Wildman–Crippen MR) is 62.4 cm³/mol. The van der Waals surface area contributed by atoms with Crippen molar-refractivity contribution < 1.29 is 5.11 Å². The van der Waals surface area contributed by atoms with E-state index in [1.165, 1.54) is 5.56 Å². The third-order valence-corrected chi connectivity index (χ3v) is 2.65. The quantitative estimate of drug-likeness (QED) is 0.846. The fourth-order valence-electron chi connectivity index (χ4n) is 1.32. The second-order valence-electron chi connectivity index (χ2n) is 3.38. The molecule has 0 spiro atoms. The van der Waals surface area contributed by atoms with Gasteiger partial charge >= 0.3 is 0 Å². The minimum absolute atomic E-state index is 0.247. The van der Waals surface area contributed by atoms with Crippen LogP contribution >= 0.6 is 15.9 Å². The Balaban J connectivity index is 2.34. The van der Waals surface area contributed by atoms with Gasteiger partial charge in [-0.2, -0.15) is 0 Å². The van der Waals surface area contributed by atoms with E-state index in [1.54, 1.807) is 0 Å². The topological polar surface area (TPSA) is 32.3 Å². The number of halogens is 1. The summed E-state index contributed by atoms with van der Waals surface area (Å²) in [5.74, 6) is 0. The fourth-order valence-corrected chi connectivity index (χ4v) is 1.59. The lowest BCUT2D eigenvalue weighted by molar-refractivity contribution is 0.165. The third kappa shape index (κ3) is 4.22. The normalized spacial score (nSPS) is 12.8. The molecule has 1 atom stereocenters. The van der Waals surface area contributed by atoms with E-state index < -0.39 is 0 Å². The van der Waals surface area contributed by atoms with Crippen molar-refractivity contribution in [1.29, 1.82) is 0 Å². The molecule has 0 radical (unpaired) electrons. The molecule has 0 aliphatic rings. The molecule has 3 heteroatoms. The lowest BCUT2D eigenvalue weighted by Gasteiger charge is -2.09. The average Bonchev–Trinajstić information content (AvgIpc) is 2.17. The van der Waals surface area contributed by atoms with Crippen molar-refractivity contribution in [3.8, 4) is 0 Å². The van der Waals surface area contributed by atoms with Gasteiger partial charge in [-0.05, 0) is 37.6 Å². The Morgan fingerprint density at radius 1 is 1.36 bits per heavy atom. The smallest absolute Gasteiger partial charge is 0.0667 e. The van der Waals surface area contributed by atoms with Crippen LogP contribution in [0.1, 0.15) is 12.0 Å². The molecule has 0 amide bonds. The van der Waals surface area contributed by atoms with Gasteiger partial charge in [-0.25, -0.2) is 0 Å².